The summed E-state index contributed by atoms with van der Waals surface area (Å²) >= 11 is 0. The minimum absolute atomic E-state index is 0.0573. The maximum Gasteiger partial charge on any atom is 0.234 e. The maximum atomic E-state index is 5.61. The monoisotopic (exact) mass is 251 g/mol. The lowest BCUT2D eigenvalue weighted by molar-refractivity contribution is 0.109. The summed E-state index contributed by atoms with van der Waals surface area (Å²) in [6.45, 7) is 5.05. The van der Waals surface area contributed by atoms with Crippen LogP contribution in [-0.4, -0.2) is 35.9 Å². The van der Waals surface area contributed by atoms with Crippen molar-refractivity contribution in [1.29, 1.82) is 0 Å². The highest BCUT2D eigenvalue weighted by atomic mass is 16.5. The molecule has 2 saturated heterocycles. The Bertz CT molecular complexity index is 393. The Hall–Kier alpha value is -0.940. The van der Waals surface area contributed by atoms with Gasteiger partial charge in [0.25, 0.3) is 0 Å². The molecule has 0 spiro atoms. The first-order chi connectivity index (χ1) is 8.82. The topological polar surface area (TPSA) is 60.2 Å². The summed E-state index contributed by atoms with van der Waals surface area (Å²) in [5, 5.41) is 7.52. The molecule has 0 aliphatic carbocycles. The highest BCUT2D eigenvalue weighted by Crippen LogP contribution is 2.33. The van der Waals surface area contributed by atoms with E-state index in [0.29, 0.717) is 0 Å². The van der Waals surface area contributed by atoms with Gasteiger partial charge in [-0.25, -0.2) is 0 Å². The molecule has 1 aromatic heterocycles. The van der Waals surface area contributed by atoms with Gasteiger partial charge in [-0.15, -0.1) is 0 Å². The Balaban J connectivity index is 1.71. The molecule has 2 fully saturated rings. The van der Waals surface area contributed by atoms with Crippen LogP contribution in [0.15, 0.2) is 4.52 Å². The lowest BCUT2D eigenvalue weighted by Crippen LogP contribution is -2.28. The summed E-state index contributed by atoms with van der Waals surface area (Å²) in [7, 11) is 0. The second-order valence-electron chi connectivity index (χ2n) is 5.42. The van der Waals surface area contributed by atoms with Crippen LogP contribution in [0, 0.1) is 0 Å². The van der Waals surface area contributed by atoms with Gasteiger partial charge in [0.15, 0.2) is 5.82 Å². The van der Waals surface area contributed by atoms with Crippen molar-refractivity contribution in [2.24, 2.45) is 0 Å². The fourth-order valence-electron chi connectivity index (χ4n) is 2.94. The molecular weight excluding hydrogens is 230 g/mol. The summed E-state index contributed by atoms with van der Waals surface area (Å²) in [4.78, 5) is 4.60. The first-order valence-electron chi connectivity index (χ1n) is 6.98. The van der Waals surface area contributed by atoms with E-state index < -0.39 is 0 Å². The molecule has 18 heavy (non-hydrogen) atoms. The third-order valence-corrected chi connectivity index (χ3v) is 4.28. The average Bonchev–Trinajstić information content (AvgIpc) is 3.10. The van der Waals surface area contributed by atoms with Gasteiger partial charge in [0.1, 0.15) is 0 Å². The zero-order valence-corrected chi connectivity index (χ0v) is 10.9. The van der Waals surface area contributed by atoms with E-state index in [1.807, 2.05) is 0 Å². The minimum atomic E-state index is 0.0573. The lowest BCUT2D eigenvalue weighted by atomic mass is 9.84. The van der Waals surface area contributed by atoms with Crippen molar-refractivity contribution in [3.63, 3.8) is 0 Å². The van der Waals surface area contributed by atoms with Crippen LogP contribution in [0.4, 0.5) is 0 Å². The highest BCUT2D eigenvalue weighted by Gasteiger charge is 2.39. The molecule has 0 bridgehead atoms. The molecule has 5 nitrogen and oxygen atoms in total. The Morgan fingerprint density at radius 2 is 2.44 bits per heavy atom. The van der Waals surface area contributed by atoms with Crippen molar-refractivity contribution >= 4 is 0 Å². The molecule has 0 amide bonds. The number of nitrogens with one attached hydrogen (secondary N) is 1. The van der Waals surface area contributed by atoms with E-state index in [0.717, 1.165) is 63.5 Å². The number of nitrogens with zero attached hydrogens (tertiary/aromatic N) is 2. The Labute approximate surface area is 107 Å². The second kappa shape index (κ2) is 4.97. The molecule has 1 aromatic rings. The van der Waals surface area contributed by atoms with Crippen molar-refractivity contribution in [2.75, 3.05) is 19.7 Å². The van der Waals surface area contributed by atoms with Crippen LogP contribution < -0.4 is 5.32 Å². The van der Waals surface area contributed by atoms with Crippen LogP contribution >= 0.6 is 0 Å². The van der Waals surface area contributed by atoms with Crippen LogP contribution in [0.5, 0.6) is 0 Å². The van der Waals surface area contributed by atoms with Gasteiger partial charge in [0, 0.05) is 19.6 Å². The molecule has 2 aliphatic rings. The van der Waals surface area contributed by atoms with E-state index in [9.17, 15) is 0 Å². The summed E-state index contributed by atoms with van der Waals surface area (Å²) in [5.41, 5.74) is 0.0573. The van der Waals surface area contributed by atoms with Crippen LogP contribution in [0.1, 0.15) is 44.3 Å². The van der Waals surface area contributed by atoms with Gasteiger partial charge in [-0.2, -0.15) is 4.98 Å². The van der Waals surface area contributed by atoms with E-state index in [-0.39, 0.29) is 11.5 Å². The third-order valence-electron chi connectivity index (χ3n) is 4.28. The summed E-state index contributed by atoms with van der Waals surface area (Å²) < 4.78 is 11.1. The zero-order chi connectivity index (χ0) is 12.4. The van der Waals surface area contributed by atoms with E-state index in [4.69, 9.17) is 9.26 Å². The smallest absolute Gasteiger partial charge is 0.234 e. The fourth-order valence-corrected chi connectivity index (χ4v) is 2.94. The summed E-state index contributed by atoms with van der Waals surface area (Å²) in [6.07, 6.45) is 5.47. The van der Waals surface area contributed by atoms with Gasteiger partial charge in [0.05, 0.1) is 11.5 Å². The molecule has 3 rings (SSSR count). The first kappa shape index (κ1) is 12.1. The van der Waals surface area contributed by atoms with E-state index in [2.05, 4.69) is 22.4 Å². The number of aromatic nitrogens is 2. The van der Waals surface area contributed by atoms with E-state index >= 15 is 0 Å². The number of hydrogen-bond donors (Lipinski definition) is 1. The van der Waals surface area contributed by atoms with Gasteiger partial charge >= 0.3 is 0 Å². The lowest BCUT2D eigenvalue weighted by Gasteiger charge is -2.20. The molecule has 0 radical (unpaired) electrons. The molecule has 2 atom stereocenters. The van der Waals surface area contributed by atoms with Crippen molar-refractivity contribution in [2.45, 2.75) is 50.5 Å². The van der Waals surface area contributed by atoms with Crippen molar-refractivity contribution in [3.8, 4) is 0 Å². The van der Waals surface area contributed by atoms with Gasteiger partial charge in [-0.3, -0.25) is 0 Å². The van der Waals surface area contributed by atoms with Crippen LogP contribution in [-0.2, 0) is 16.6 Å². The summed E-state index contributed by atoms with van der Waals surface area (Å²) in [5.74, 6) is 1.61. The van der Waals surface area contributed by atoms with Crippen LogP contribution in [0.2, 0.25) is 0 Å². The summed E-state index contributed by atoms with van der Waals surface area (Å²) in [6, 6.07) is 0. The predicted octanol–water partition coefficient (Wildman–Crippen LogP) is 1.43. The SMILES string of the molecule is CCC1(c2nc(CC3CCCO3)no2)CCNC1. The molecular formula is C13H21N3O2. The van der Waals surface area contributed by atoms with E-state index in [1.54, 1.807) is 0 Å². The Morgan fingerprint density at radius 3 is 3.11 bits per heavy atom. The maximum absolute atomic E-state index is 5.61. The molecule has 2 aliphatic heterocycles. The number of ether oxygens (including phenoxy) is 1. The standard InChI is InChI=1S/C13H21N3O2/c1-2-13(5-6-14-9-13)12-15-11(16-18-12)8-10-4-3-7-17-10/h10,14H,2-9H2,1H3. The average molecular weight is 251 g/mol. The first-order valence-corrected chi connectivity index (χ1v) is 6.98. The normalized spacial score (nSPS) is 32.2. The molecule has 5 heteroatoms. The molecule has 2 unspecified atom stereocenters. The number of hydrogen-bond acceptors (Lipinski definition) is 5. The van der Waals surface area contributed by atoms with Crippen LogP contribution in [0.25, 0.3) is 0 Å². The fraction of sp³-hybridized carbons (Fsp3) is 0.846. The quantitative estimate of drug-likeness (QED) is 0.877. The van der Waals surface area contributed by atoms with Gasteiger partial charge < -0.3 is 14.6 Å². The zero-order valence-electron chi connectivity index (χ0n) is 10.9. The van der Waals surface area contributed by atoms with E-state index in [1.165, 1.54) is 0 Å². The molecule has 100 valence electrons. The molecule has 0 saturated carbocycles. The largest absolute Gasteiger partial charge is 0.378 e. The van der Waals surface area contributed by atoms with Crippen LogP contribution in [0.3, 0.4) is 0 Å². The Morgan fingerprint density at radius 1 is 1.50 bits per heavy atom. The predicted molar refractivity (Wildman–Crippen MR) is 66.4 cm³/mol. The second-order valence-corrected chi connectivity index (χ2v) is 5.42. The molecule has 0 aromatic carbocycles. The van der Waals surface area contributed by atoms with Crippen molar-refractivity contribution in [1.82, 2.24) is 15.5 Å². The Kier molecular flexibility index (Phi) is 3.35. The van der Waals surface area contributed by atoms with Crippen molar-refractivity contribution in [3.05, 3.63) is 11.7 Å². The minimum Gasteiger partial charge on any atom is -0.378 e. The van der Waals surface area contributed by atoms with Gasteiger partial charge in [-0.1, -0.05) is 12.1 Å². The van der Waals surface area contributed by atoms with Gasteiger partial charge in [-0.05, 0) is 32.2 Å². The number of rotatable bonds is 4. The van der Waals surface area contributed by atoms with Crippen molar-refractivity contribution < 1.29 is 9.26 Å². The molecule has 1 N–H and O–H groups in total. The highest BCUT2D eigenvalue weighted by molar-refractivity contribution is 5.10. The third kappa shape index (κ3) is 2.17. The molecule has 3 heterocycles. The van der Waals surface area contributed by atoms with Gasteiger partial charge in [0.2, 0.25) is 5.89 Å².